The largest absolute Gasteiger partial charge is 0.507 e. The van der Waals surface area contributed by atoms with E-state index in [1.165, 1.54) is 24.3 Å². The molecular weight excluding hydrogens is 625 g/mol. The highest BCUT2D eigenvalue weighted by atomic mass is 32.2. The predicted octanol–water partition coefficient (Wildman–Crippen LogP) is 7.88. The smallest absolute Gasteiger partial charge is 0.196 e. The van der Waals surface area contributed by atoms with E-state index in [0.717, 1.165) is 5.56 Å². The summed E-state index contributed by atoms with van der Waals surface area (Å²) in [6.07, 6.45) is 0. The number of hydrogen-bond acceptors (Lipinski definition) is 7. The molecule has 6 aromatic rings. The van der Waals surface area contributed by atoms with E-state index in [-0.39, 0.29) is 52.3 Å². The minimum absolute atomic E-state index is 0.00472. The first-order valence-electron chi connectivity index (χ1n) is 15.1. The van der Waals surface area contributed by atoms with Crippen molar-refractivity contribution < 1.29 is 33.5 Å². The van der Waals surface area contributed by atoms with Gasteiger partial charge in [-0.25, -0.2) is 4.21 Å². The van der Waals surface area contributed by atoms with Gasteiger partial charge in [0.15, 0.2) is 11.6 Å². The topological polar surface area (TPSA) is 110 Å². The molecule has 0 aliphatic heterocycles. The van der Waals surface area contributed by atoms with E-state index in [1.54, 1.807) is 78.9 Å². The summed E-state index contributed by atoms with van der Waals surface area (Å²) in [4.78, 5) is 26.8. The Balaban J connectivity index is 1.24. The third kappa shape index (κ3) is 7.35. The lowest BCUT2D eigenvalue weighted by Crippen LogP contribution is -2.07. The Morgan fingerprint density at radius 1 is 0.542 bits per heavy atom. The van der Waals surface area contributed by atoms with Crippen LogP contribution in [0.2, 0.25) is 0 Å². The molecule has 0 aliphatic rings. The highest BCUT2D eigenvalue weighted by Crippen LogP contribution is 2.35. The quantitative estimate of drug-likeness (QED) is 0.129. The molecule has 2 N–H and O–H groups in total. The van der Waals surface area contributed by atoms with Crippen LogP contribution in [0.4, 0.5) is 0 Å². The first kappa shape index (κ1) is 32.0. The number of hydrogen-bond donors (Lipinski definition) is 2. The number of carbonyl (C=O) groups is 2. The van der Waals surface area contributed by atoms with E-state index >= 15 is 0 Å². The standard InChI is InChI=1S/C40H30O7S/c41-35-22-31(19-20-33(35)39(43)29-14-6-2-7-15-29)46-26-28-13-10-18-32(21-28)48(45)38-23-34(40(44)30-16-8-3-9-17-30)36(42)24-37(38)47-25-27-11-4-1-5-12-27/h1-24,41-42H,25-26H2. The van der Waals surface area contributed by atoms with Gasteiger partial charge in [-0.15, -0.1) is 0 Å². The SMILES string of the molecule is O=C(c1ccccc1)c1ccc(OCc2cccc(S(=O)c3cc(C(=O)c4ccccc4)c(O)cc3OCc3ccccc3)c2)cc1O. The average molecular weight is 655 g/mol. The highest BCUT2D eigenvalue weighted by molar-refractivity contribution is 7.85. The Labute approximate surface area is 280 Å². The minimum atomic E-state index is -1.82. The van der Waals surface area contributed by atoms with Gasteiger partial charge in [-0.1, -0.05) is 103 Å². The first-order valence-corrected chi connectivity index (χ1v) is 16.2. The number of ketones is 2. The van der Waals surface area contributed by atoms with Crippen molar-refractivity contribution in [2.24, 2.45) is 0 Å². The van der Waals surface area contributed by atoms with Gasteiger partial charge in [0.25, 0.3) is 0 Å². The number of aromatic hydroxyl groups is 2. The van der Waals surface area contributed by atoms with Crippen LogP contribution in [0.1, 0.15) is 43.0 Å². The Bertz CT molecular complexity index is 2100. The summed E-state index contributed by atoms with van der Waals surface area (Å²) in [5, 5.41) is 21.5. The summed E-state index contributed by atoms with van der Waals surface area (Å²) in [6, 6.07) is 40.9. The molecular formula is C40H30O7S. The highest BCUT2D eigenvalue weighted by Gasteiger charge is 2.22. The normalized spacial score (nSPS) is 11.4. The van der Waals surface area contributed by atoms with Crippen molar-refractivity contribution >= 4 is 22.4 Å². The van der Waals surface area contributed by atoms with Gasteiger partial charge in [0.2, 0.25) is 0 Å². The minimum Gasteiger partial charge on any atom is -0.507 e. The molecule has 48 heavy (non-hydrogen) atoms. The molecule has 0 fully saturated rings. The number of carbonyl (C=O) groups excluding carboxylic acids is 2. The van der Waals surface area contributed by atoms with Gasteiger partial charge < -0.3 is 19.7 Å². The van der Waals surface area contributed by atoms with Crippen LogP contribution in [0, 0.1) is 0 Å². The van der Waals surface area contributed by atoms with Crippen molar-refractivity contribution in [2.45, 2.75) is 23.0 Å². The molecule has 0 spiro atoms. The van der Waals surface area contributed by atoms with Crippen LogP contribution in [0.3, 0.4) is 0 Å². The van der Waals surface area contributed by atoms with Crippen molar-refractivity contribution in [1.29, 1.82) is 0 Å². The maximum absolute atomic E-state index is 14.1. The van der Waals surface area contributed by atoms with Crippen LogP contribution in [-0.4, -0.2) is 26.0 Å². The van der Waals surface area contributed by atoms with Gasteiger partial charge in [-0.3, -0.25) is 9.59 Å². The maximum Gasteiger partial charge on any atom is 0.196 e. The molecule has 7 nitrogen and oxygen atoms in total. The van der Waals surface area contributed by atoms with Gasteiger partial charge in [0, 0.05) is 28.2 Å². The number of benzene rings is 6. The molecule has 0 saturated heterocycles. The van der Waals surface area contributed by atoms with E-state index in [0.29, 0.717) is 27.3 Å². The van der Waals surface area contributed by atoms with Crippen LogP contribution >= 0.6 is 0 Å². The lowest BCUT2D eigenvalue weighted by molar-refractivity contribution is 0.102. The first-order chi connectivity index (χ1) is 23.4. The van der Waals surface area contributed by atoms with Gasteiger partial charge >= 0.3 is 0 Å². The van der Waals surface area contributed by atoms with Crippen LogP contribution in [0.15, 0.2) is 155 Å². The summed E-state index contributed by atoms with van der Waals surface area (Å²) in [5.74, 6) is -0.668. The van der Waals surface area contributed by atoms with Crippen molar-refractivity contribution in [3.8, 4) is 23.0 Å². The van der Waals surface area contributed by atoms with Crippen molar-refractivity contribution in [1.82, 2.24) is 0 Å². The fourth-order valence-corrected chi connectivity index (χ4v) is 6.29. The van der Waals surface area contributed by atoms with Crippen LogP contribution < -0.4 is 9.47 Å². The zero-order chi connectivity index (χ0) is 33.5. The number of rotatable bonds is 12. The van der Waals surface area contributed by atoms with E-state index in [9.17, 15) is 24.0 Å². The third-order valence-corrected chi connectivity index (χ3v) is 8.95. The maximum atomic E-state index is 14.1. The fourth-order valence-electron chi connectivity index (χ4n) is 5.05. The predicted molar refractivity (Wildman–Crippen MR) is 182 cm³/mol. The molecule has 0 radical (unpaired) electrons. The number of phenols is 2. The fraction of sp³-hybridized carbons (Fsp3) is 0.0500. The van der Waals surface area contributed by atoms with Crippen molar-refractivity contribution in [2.75, 3.05) is 0 Å². The molecule has 0 bridgehead atoms. The van der Waals surface area contributed by atoms with E-state index in [2.05, 4.69) is 0 Å². The van der Waals surface area contributed by atoms with Crippen LogP contribution in [-0.2, 0) is 24.0 Å². The van der Waals surface area contributed by atoms with Crippen LogP contribution in [0.25, 0.3) is 0 Å². The van der Waals surface area contributed by atoms with E-state index in [4.69, 9.17) is 9.47 Å². The van der Waals surface area contributed by atoms with Crippen molar-refractivity contribution in [3.05, 3.63) is 179 Å². The van der Waals surface area contributed by atoms with Crippen LogP contribution in [0.5, 0.6) is 23.0 Å². The average Bonchev–Trinajstić information content (AvgIpc) is 3.13. The third-order valence-electron chi connectivity index (χ3n) is 7.55. The molecule has 1 unspecified atom stereocenters. The monoisotopic (exact) mass is 654 g/mol. The molecule has 6 rings (SSSR count). The second kappa shape index (κ2) is 14.6. The summed E-state index contributed by atoms with van der Waals surface area (Å²) < 4.78 is 26.1. The van der Waals surface area contributed by atoms with Crippen molar-refractivity contribution in [3.63, 3.8) is 0 Å². The summed E-state index contributed by atoms with van der Waals surface area (Å²) >= 11 is 0. The van der Waals surface area contributed by atoms with Gasteiger partial charge in [0.1, 0.15) is 36.2 Å². The van der Waals surface area contributed by atoms with Gasteiger partial charge in [0.05, 0.1) is 26.8 Å². The Kier molecular flexibility index (Phi) is 9.74. The Hall–Kier alpha value is -5.99. The number of ether oxygens (including phenoxy) is 2. The zero-order valence-electron chi connectivity index (χ0n) is 25.6. The van der Waals surface area contributed by atoms with E-state index in [1.807, 2.05) is 42.5 Å². The molecule has 0 amide bonds. The van der Waals surface area contributed by atoms with E-state index < -0.39 is 16.6 Å². The summed E-state index contributed by atoms with van der Waals surface area (Å²) in [6.45, 7) is 0.244. The molecule has 6 aromatic carbocycles. The molecule has 8 heteroatoms. The molecule has 1 atom stereocenters. The molecule has 238 valence electrons. The summed E-state index contributed by atoms with van der Waals surface area (Å²) in [7, 11) is -1.82. The Morgan fingerprint density at radius 2 is 1.10 bits per heavy atom. The molecule has 0 heterocycles. The second-order valence-corrected chi connectivity index (χ2v) is 12.3. The molecule has 0 aromatic heterocycles. The lowest BCUT2D eigenvalue weighted by Gasteiger charge is -2.15. The van der Waals surface area contributed by atoms with Gasteiger partial charge in [-0.05, 0) is 41.5 Å². The Morgan fingerprint density at radius 3 is 1.75 bits per heavy atom. The molecule has 0 aliphatic carbocycles. The zero-order valence-corrected chi connectivity index (χ0v) is 26.4. The molecule has 0 saturated carbocycles. The number of phenolic OH excluding ortho intramolecular Hbond substituents is 2. The second-order valence-electron chi connectivity index (χ2n) is 10.9. The summed E-state index contributed by atoms with van der Waals surface area (Å²) in [5.41, 5.74) is 2.58. The lowest BCUT2D eigenvalue weighted by atomic mass is 10.0. The van der Waals surface area contributed by atoms with Gasteiger partial charge in [-0.2, -0.15) is 0 Å².